The van der Waals surface area contributed by atoms with E-state index < -0.39 is 5.92 Å². The van der Waals surface area contributed by atoms with Gasteiger partial charge in [0.05, 0.1) is 27.1 Å². The fourth-order valence-electron chi connectivity index (χ4n) is 3.06. The molecule has 1 atom stereocenters. The SMILES string of the molecule is CCN(CC)C[C@@H](C(=O)Nc1c(C)cccc1C)/C(C)=N/NC(=O)C[N+](C)(C)C. The summed E-state index contributed by atoms with van der Waals surface area (Å²) in [4.78, 5) is 27.5. The molecule has 0 bridgehead atoms. The number of hydrazone groups is 1. The minimum atomic E-state index is -0.460. The molecule has 7 heteroatoms. The van der Waals surface area contributed by atoms with E-state index in [4.69, 9.17) is 0 Å². The number of carbonyl (C=O) groups is 2. The van der Waals surface area contributed by atoms with Gasteiger partial charge in [0.2, 0.25) is 5.91 Å². The highest BCUT2D eigenvalue weighted by atomic mass is 16.2. The average Bonchev–Trinajstić information content (AvgIpc) is 2.62. The van der Waals surface area contributed by atoms with Crippen molar-refractivity contribution >= 4 is 23.2 Å². The molecule has 0 aliphatic heterocycles. The Labute approximate surface area is 175 Å². The van der Waals surface area contributed by atoms with Gasteiger partial charge < -0.3 is 14.7 Å². The van der Waals surface area contributed by atoms with Gasteiger partial charge in [-0.05, 0) is 45.0 Å². The molecule has 162 valence electrons. The minimum absolute atomic E-state index is 0.114. The number of quaternary nitrogens is 1. The second-order valence-electron chi connectivity index (χ2n) is 8.53. The largest absolute Gasteiger partial charge is 0.325 e. The number of nitrogens with zero attached hydrogens (tertiary/aromatic N) is 3. The van der Waals surface area contributed by atoms with Gasteiger partial charge >= 0.3 is 0 Å². The van der Waals surface area contributed by atoms with Crippen molar-refractivity contribution in [3.8, 4) is 0 Å². The Morgan fingerprint density at radius 1 is 1.10 bits per heavy atom. The topological polar surface area (TPSA) is 73.8 Å². The normalized spacial score (nSPS) is 13.3. The predicted molar refractivity (Wildman–Crippen MR) is 120 cm³/mol. The van der Waals surface area contributed by atoms with Gasteiger partial charge in [0.15, 0.2) is 6.54 Å². The Hall–Kier alpha value is -2.25. The van der Waals surface area contributed by atoms with E-state index in [9.17, 15) is 9.59 Å². The smallest absolute Gasteiger partial charge is 0.295 e. The number of para-hydroxylation sites is 1. The molecule has 2 amide bonds. The lowest BCUT2D eigenvalue weighted by atomic mass is 10.0. The van der Waals surface area contributed by atoms with E-state index in [0.29, 0.717) is 23.3 Å². The average molecular weight is 405 g/mol. The molecule has 1 aromatic rings. The van der Waals surface area contributed by atoms with Crippen molar-refractivity contribution in [1.82, 2.24) is 10.3 Å². The summed E-state index contributed by atoms with van der Waals surface area (Å²) in [5.74, 6) is -0.747. The second kappa shape index (κ2) is 11.1. The van der Waals surface area contributed by atoms with Crippen molar-refractivity contribution in [1.29, 1.82) is 0 Å². The summed E-state index contributed by atoms with van der Waals surface area (Å²) in [6, 6.07) is 5.94. The second-order valence-corrected chi connectivity index (χ2v) is 8.53. The summed E-state index contributed by atoms with van der Waals surface area (Å²) in [5, 5.41) is 7.33. The quantitative estimate of drug-likeness (QED) is 0.357. The lowest BCUT2D eigenvalue weighted by molar-refractivity contribution is -0.862. The monoisotopic (exact) mass is 404 g/mol. The number of nitrogens with one attached hydrogen (secondary N) is 2. The van der Waals surface area contributed by atoms with Gasteiger partial charge in [-0.15, -0.1) is 0 Å². The Bertz CT molecular complexity index is 713. The van der Waals surface area contributed by atoms with Crippen LogP contribution in [-0.4, -0.2) is 74.2 Å². The van der Waals surface area contributed by atoms with E-state index in [1.54, 1.807) is 6.92 Å². The molecule has 7 nitrogen and oxygen atoms in total. The van der Waals surface area contributed by atoms with Crippen molar-refractivity contribution in [3.05, 3.63) is 29.3 Å². The molecule has 0 heterocycles. The first-order valence-corrected chi connectivity index (χ1v) is 10.2. The molecule has 29 heavy (non-hydrogen) atoms. The Morgan fingerprint density at radius 2 is 1.66 bits per heavy atom. The molecule has 0 saturated carbocycles. The van der Waals surface area contributed by atoms with Crippen LogP contribution < -0.4 is 10.7 Å². The first kappa shape index (κ1) is 24.8. The third kappa shape index (κ3) is 8.33. The zero-order chi connectivity index (χ0) is 22.2. The van der Waals surface area contributed by atoms with Crippen LogP contribution in [0.1, 0.15) is 31.9 Å². The van der Waals surface area contributed by atoms with Crippen LogP contribution in [0.3, 0.4) is 0 Å². The fraction of sp³-hybridized carbons (Fsp3) is 0.591. The van der Waals surface area contributed by atoms with E-state index in [0.717, 1.165) is 29.9 Å². The standard InChI is InChI=1S/C22H37N5O2/c1-9-26(10-2)14-19(18(5)24-25-20(28)15-27(6,7)8)22(29)23-21-16(3)12-11-13-17(21)4/h11-13,19H,9-10,14-15H2,1-8H3,(H-,23,25,28,29)/p+1/b24-18+/t19-/m1/s1. The van der Waals surface area contributed by atoms with Crippen LogP contribution in [0.25, 0.3) is 0 Å². The molecule has 0 saturated heterocycles. The maximum atomic E-state index is 13.2. The number of hydrogen-bond acceptors (Lipinski definition) is 4. The summed E-state index contributed by atoms with van der Waals surface area (Å²) in [5.41, 5.74) is 6.07. The van der Waals surface area contributed by atoms with Crippen LogP contribution >= 0.6 is 0 Å². The number of likely N-dealkylation sites (N-methyl/N-ethyl adjacent to an activating group) is 1. The Balaban J connectivity index is 3.04. The van der Waals surface area contributed by atoms with Crippen molar-refractivity contribution in [2.75, 3.05) is 52.6 Å². The first-order chi connectivity index (χ1) is 13.5. The van der Waals surface area contributed by atoms with E-state index in [1.807, 2.05) is 53.2 Å². The van der Waals surface area contributed by atoms with Gasteiger partial charge in [0.1, 0.15) is 0 Å². The van der Waals surface area contributed by atoms with E-state index in [2.05, 4.69) is 34.6 Å². The van der Waals surface area contributed by atoms with Crippen LogP contribution in [0, 0.1) is 19.8 Å². The fourth-order valence-corrected chi connectivity index (χ4v) is 3.06. The number of hydrogen-bond donors (Lipinski definition) is 2. The summed E-state index contributed by atoms with van der Waals surface area (Å²) in [6.07, 6.45) is 0. The molecule has 0 spiro atoms. The molecule has 0 aliphatic carbocycles. The Kier molecular flexibility index (Phi) is 9.46. The first-order valence-electron chi connectivity index (χ1n) is 10.2. The highest BCUT2D eigenvalue weighted by molar-refractivity contribution is 6.09. The molecule has 2 N–H and O–H groups in total. The molecular weight excluding hydrogens is 366 g/mol. The van der Waals surface area contributed by atoms with Crippen molar-refractivity contribution < 1.29 is 14.1 Å². The van der Waals surface area contributed by atoms with Gasteiger partial charge in [-0.1, -0.05) is 32.0 Å². The van der Waals surface area contributed by atoms with E-state index in [-0.39, 0.29) is 11.8 Å². The van der Waals surface area contributed by atoms with Crippen molar-refractivity contribution in [3.63, 3.8) is 0 Å². The van der Waals surface area contributed by atoms with Gasteiger partial charge in [0, 0.05) is 17.9 Å². The highest BCUT2D eigenvalue weighted by Gasteiger charge is 2.25. The predicted octanol–water partition coefficient (Wildman–Crippen LogP) is 2.40. The summed E-state index contributed by atoms with van der Waals surface area (Å²) in [7, 11) is 5.83. The summed E-state index contributed by atoms with van der Waals surface area (Å²) >= 11 is 0. The maximum absolute atomic E-state index is 13.2. The van der Waals surface area contributed by atoms with Gasteiger partial charge in [-0.2, -0.15) is 5.10 Å². The number of benzene rings is 1. The number of amides is 2. The number of aryl methyl sites for hydroxylation is 2. The van der Waals surface area contributed by atoms with Gasteiger partial charge in [-0.25, -0.2) is 5.43 Å². The molecule has 0 unspecified atom stereocenters. The van der Waals surface area contributed by atoms with Crippen LogP contribution in [0.15, 0.2) is 23.3 Å². The molecule has 0 aliphatic rings. The molecule has 0 radical (unpaired) electrons. The minimum Gasteiger partial charge on any atom is -0.325 e. The highest BCUT2D eigenvalue weighted by Crippen LogP contribution is 2.20. The number of carbonyl (C=O) groups excluding carboxylic acids is 2. The van der Waals surface area contributed by atoms with Crippen molar-refractivity contribution in [2.24, 2.45) is 11.0 Å². The molecule has 0 fully saturated rings. The van der Waals surface area contributed by atoms with Crippen LogP contribution in [0.5, 0.6) is 0 Å². The summed E-state index contributed by atoms with van der Waals surface area (Å²) in [6.45, 7) is 12.4. The zero-order valence-electron chi connectivity index (χ0n) is 19.3. The van der Waals surface area contributed by atoms with Gasteiger partial charge in [0.25, 0.3) is 5.91 Å². The lowest BCUT2D eigenvalue weighted by Gasteiger charge is -2.25. The third-order valence-electron chi connectivity index (χ3n) is 4.86. The number of rotatable bonds is 10. The summed E-state index contributed by atoms with van der Waals surface area (Å²) < 4.78 is 0.510. The number of anilines is 1. The molecule has 0 aromatic heterocycles. The van der Waals surface area contributed by atoms with E-state index in [1.165, 1.54) is 0 Å². The lowest BCUT2D eigenvalue weighted by Crippen LogP contribution is -2.44. The van der Waals surface area contributed by atoms with Gasteiger partial charge in [-0.3, -0.25) is 9.59 Å². The Morgan fingerprint density at radius 3 is 2.14 bits per heavy atom. The van der Waals surface area contributed by atoms with Crippen LogP contribution in [-0.2, 0) is 9.59 Å². The van der Waals surface area contributed by atoms with Crippen molar-refractivity contribution in [2.45, 2.75) is 34.6 Å². The molecular formula is C22H38N5O2+. The van der Waals surface area contributed by atoms with E-state index >= 15 is 0 Å². The van der Waals surface area contributed by atoms with Crippen LogP contribution in [0.4, 0.5) is 5.69 Å². The maximum Gasteiger partial charge on any atom is 0.295 e. The molecule has 1 aromatic carbocycles. The third-order valence-corrected chi connectivity index (χ3v) is 4.86. The van der Waals surface area contributed by atoms with Crippen LogP contribution in [0.2, 0.25) is 0 Å². The zero-order valence-corrected chi connectivity index (χ0v) is 19.3. The molecule has 1 rings (SSSR count).